The minimum atomic E-state index is -0.211. The minimum Gasteiger partial charge on any atom is -0.211 e. The van der Waals surface area contributed by atoms with E-state index in [2.05, 4.69) is 23.2 Å². The number of rotatable bonds is 2. The Morgan fingerprint density at radius 3 is 3.00 bits per heavy atom. The maximum atomic E-state index is 10.5. The topological polar surface area (TPSA) is 29.4 Å². The number of aryl methyl sites for hydroxylation is 1. The molecule has 0 atom stereocenters. The van der Waals surface area contributed by atoms with E-state index in [-0.39, 0.29) is 5.54 Å². The van der Waals surface area contributed by atoms with Crippen LogP contribution in [0.1, 0.15) is 30.4 Å². The van der Waals surface area contributed by atoms with Crippen molar-refractivity contribution in [2.24, 2.45) is 4.99 Å². The summed E-state index contributed by atoms with van der Waals surface area (Å²) in [4.78, 5) is 15.9. The van der Waals surface area contributed by atoms with E-state index in [0.29, 0.717) is 0 Å². The van der Waals surface area contributed by atoms with Gasteiger partial charge in [-0.2, -0.15) is 4.99 Å². The van der Waals surface area contributed by atoms with Crippen LogP contribution >= 0.6 is 11.8 Å². The van der Waals surface area contributed by atoms with Gasteiger partial charge in [-0.1, -0.05) is 18.2 Å². The first kappa shape index (κ1) is 10.1. The number of thioether (sulfide) groups is 1. The Morgan fingerprint density at radius 1 is 1.38 bits per heavy atom. The number of hydrogen-bond acceptors (Lipinski definition) is 3. The van der Waals surface area contributed by atoms with Gasteiger partial charge in [-0.3, -0.25) is 0 Å². The molecule has 1 aromatic carbocycles. The van der Waals surface area contributed by atoms with E-state index in [0.717, 1.165) is 19.3 Å². The maximum absolute atomic E-state index is 10.5. The second-order valence-electron chi connectivity index (χ2n) is 4.48. The Bertz CT molecular complexity index is 473. The third-order valence-corrected chi connectivity index (χ3v) is 4.68. The average molecular weight is 231 g/mol. The summed E-state index contributed by atoms with van der Waals surface area (Å²) in [5, 5.41) is 0. The highest BCUT2D eigenvalue weighted by Gasteiger charge is 2.46. The Kier molecular flexibility index (Phi) is 2.38. The molecule has 0 saturated heterocycles. The van der Waals surface area contributed by atoms with E-state index in [4.69, 9.17) is 0 Å². The molecule has 16 heavy (non-hydrogen) atoms. The molecule has 0 amide bonds. The van der Waals surface area contributed by atoms with Gasteiger partial charge < -0.3 is 0 Å². The predicted molar refractivity (Wildman–Crippen MR) is 64.5 cm³/mol. The fraction of sp³-hybridized carbons (Fsp3) is 0.462. The van der Waals surface area contributed by atoms with E-state index in [1.807, 2.05) is 11.8 Å². The van der Waals surface area contributed by atoms with Crippen molar-refractivity contribution in [2.75, 3.05) is 5.75 Å². The van der Waals surface area contributed by atoms with Gasteiger partial charge in [0.1, 0.15) is 0 Å². The lowest BCUT2D eigenvalue weighted by Crippen LogP contribution is -2.09. The van der Waals surface area contributed by atoms with Gasteiger partial charge in [0.2, 0.25) is 6.08 Å². The van der Waals surface area contributed by atoms with Crippen LogP contribution in [0.3, 0.4) is 0 Å². The fourth-order valence-electron chi connectivity index (χ4n) is 2.40. The lowest BCUT2D eigenvalue weighted by Gasteiger charge is -2.21. The van der Waals surface area contributed by atoms with Gasteiger partial charge in [0.05, 0.1) is 5.54 Å². The third kappa shape index (κ3) is 1.51. The highest BCUT2D eigenvalue weighted by Crippen LogP contribution is 2.53. The molecule has 1 saturated carbocycles. The zero-order valence-electron chi connectivity index (χ0n) is 9.03. The molecule has 0 bridgehead atoms. The molecular weight excluding hydrogens is 218 g/mol. The van der Waals surface area contributed by atoms with Crippen molar-refractivity contribution in [3.05, 3.63) is 29.3 Å². The largest absolute Gasteiger partial charge is 0.235 e. The number of nitrogens with zero attached hydrogens (tertiary/aromatic N) is 1. The predicted octanol–water partition coefficient (Wildman–Crippen LogP) is 3.05. The van der Waals surface area contributed by atoms with E-state index < -0.39 is 0 Å². The summed E-state index contributed by atoms with van der Waals surface area (Å²) in [5.74, 6) is 1.19. The maximum Gasteiger partial charge on any atom is 0.235 e. The molecule has 82 valence electrons. The lowest BCUT2D eigenvalue weighted by atomic mass is 10.00. The number of isocyanates is 1. The Balaban J connectivity index is 2.11. The van der Waals surface area contributed by atoms with Crippen molar-refractivity contribution in [1.82, 2.24) is 0 Å². The standard InChI is InChI=1S/C13H13NOS/c15-9-14-13(6-7-13)11-5-1-3-10-4-2-8-16-12(10)11/h1,3,5H,2,4,6-8H2. The SMILES string of the molecule is O=C=NC1(c2cccc3c2SCCC3)CC1. The summed E-state index contributed by atoms with van der Waals surface area (Å²) in [6.45, 7) is 0. The van der Waals surface area contributed by atoms with Crippen molar-refractivity contribution in [2.45, 2.75) is 36.1 Å². The average Bonchev–Trinajstić information content (AvgIpc) is 3.10. The van der Waals surface area contributed by atoms with Crippen LogP contribution in [0.15, 0.2) is 28.1 Å². The van der Waals surface area contributed by atoms with E-state index in [1.54, 1.807) is 6.08 Å². The first-order valence-electron chi connectivity index (χ1n) is 5.70. The van der Waals surface area contributed by atoms with Crippen molar-refractivity contribution in [3.63, 3.8) is 0 Å². The second-order valence-corrected chi connectivity index (χ2v) is 5.59. The first-order chi connectivity index (χ1) is 7.86. The van der Waals surface area contributed by atoms with Gasteiger partial charge in [-0.05, 0) is 42.6 Å². The molecule has 3 heteroatoms. The number of carbonyl (C=O) groups excluding carboxylic acids is 1. The quantitative estimate of drug-likeness (QED) is 0.578. The van der Waals surface area contributed by atoms with Crippen LogP contribution in [0.4, 0.5) is 0 Å². The number of fused-ring (bicyclic) bond motifs is 1. The van der Waals surface area contributed by atoms with E-state index in [9.17, 15) is 4.79 Å². The molecule has 2 aliphatic rings. The molecule has 0 N–H and O–H groups in total. The molecule has 2 nitrogen and oxygen atoms in total. The molecule has 0 radical (unpaired) electrons. The van der Waals surface area contributed by atoms with Gasteiger partial charge >= 0.3 is 0 Å². The number of aliphatic imine (C=N–C) groups is 1. The summed E-state index contributed by atoms with van der Waals surface area (Å²) in [5.41, 5.74) is 2.48. The van der Waals surface area contributed by atoms with Gasteiger partial charge in [0, 0.05) is 4.90 Å². The zero-order chi connectivity index (χ0) is 11.0. The number of hydrogen-bond donors (Lipinski definition) is 0. The summed E-state index contributed by atoms with van der Waals surface area (Å²) < 4.78 is 0. The van der Waals surface area contributed by atoms with Crippen LogP contribution in [-0.2, 0) is 16.8 Å². The summed E-state index contributed by atoms with van der Waals surface area (Å²) in [7, 11) is 0. The van der Waals surface area contributed by atoms with Crippen LogP contribution in [0.5, 0.6) is 0 Å². The van der Waals surface area contributed by atoms with Crippen LogP contribution in [0.25, 0.3) is 0 Å². The van der Waals surface area contributed by atoms with Crippen LogP contribution in [0, 0.1) is 0 Å². The highest BCUT2D eigenvalue weighted by molar-refractivity contribution is 7.99. The summed E-state index contributed by atoms with van der Waals surface area (Å²) >= 11 is 1.92. The van der Waals surface area contributed by atoms with E-state index in [1.165, 1.54) is 28.2 Å². The summed E-state index contributed by atoms with van der Waals surface area (Å²) in [6.07, 6.45) is 6.16. The van der Waals surface area contributed by atoms with Gasteiger partial charge in [-0.25, -0.2) is 4.79 Å². The van der Waals surface area contributed by atoms with Crippen LogP contribution < -0.4 is 0 Å². The molecule has 1 aliphatic heterocycles. The van der Waals surface area contributed by atoms with Gasteiger partial charge in [0.25, 0.3) is 0 Å². The van der Waals surface area contributed by atoms with Gasteiger partial charge in [0.15, 0.2) is 0 Å². The zero-order valence-corrected chi connectivity index (χ0v) is 9.85. The normalized spacial score (nSPS) is 20.8. The molecule has 3 rings (SSSR count). The summed E-state index contributed by atoms with van der Waals surface area (Å²) in [6, 6.07) is 6.43. The molecule has 1 fully saturated rings. The van der Waals surface area contributed by atoms with Crippen LogP contribution in [-0.4, -0.2) is 11.8 Å². The van der Waals surface area contributed by atoms with Crippen LogP contribution in [0.2, 0.25) is 0 Å². The monoisotopic (exact) mass is 231 g/mol. The lowest BCUT2D eigenvalue weighted by molar-refractivity contribution is 0.555. The molecule has 1 heterocycles. The van der Waals surface area contributed by atoms with E-state index >= 15 is 0 Å². The van der Waals surface area contributed by atoms with Crippen molar-refractivity contribution in [3.8, 4) is 0 Å². The van der Waals surface area contributed by atoms with Crippen molar-refractivity contribution in [1.29, 1.82) is 0 Å². The van der Waals surface area contributed by atoms with Gasteiger partial charge in [-0.15, -0.1) is 11.8 Å². The Labute approximate surface area is 99.2 Å². The number of benzene rings is 1. The molecule has 0 spiro atoms. The molecule has 0 aromatic heterocycles. The van der Waals surface area contributed by atoms with Crippen molar-refractivity contribution < 1.29 is 4.79 Å². The minimum absolute atomic E-state index is 0.211. The second kappa shape index (κ2) is 3.76. The molecular formula is C13H13NOS. The Hall–Kier alpha value is -1.05. The highest BCUT2D eigenvalue weighted by atomic mass is 32.2. The smallest absolute Gasteiger partial charge is 0.211 e. The van der Waals surface area contributed by atoms with Crippen molar-refractivity contribution >= 4 is 17.8 Å². The third-order valence-electron chi connectivity index (χ3n) is 3.42. The molecule has 1 aliphatic carbocycles. The molecule has 1 aromatic rings. The Morgan fingerprint density at radius 2 is 2.25 bits per heavy atom. The molecule has 0 unspecified atom stereocenters. The fourth-order valence-corrected chi connectivity index (χ4v) is 3.66. The first-order valence-corrected chi connectivity index (χ1v) is 6.68.